The average Bonchev–Trinajstić information content (AvgIpc) is 2.95. The lowest BCUT2D eigenvalue weighted by molar-refractivity contribution is -0.179. The molecule has 5 aliphatic carbocycles. The molecule has 7 heteroatoms. The first-order chi connectivity index (χ1) is 21.0. The zero-order chi connectivity index (χ0) is 32.7. The highest BCUT2D eigenvalue weighted by atomic mass is 35.5. The molecule has 0 aliphatic heterocycles. The Morgan fingerprint density at radius 3 is 2.38 bits per heavy atom. The summed E-state index contributed by atoms with van der Waals surface area (Å²) in [5.74, 6) is 1.20. The molecule has 5 N–H and O–H groups in total. The number of fused-ring (bicyclic) bond motifs is 7. The number of benzene rings is 1. The van der Waals surface area contributed by atoms with Crippen LogP contribution in [-0.2, 0) is 4.79 Å². The molecular weight excluding hydrogens is 580 g/mol. The smallest absolute Gasteiger partial charge is 0.310 e. The summed E-state index contributed by atoms with van der Waals surface area (Å²) in [5.41, 5.74) is 15.2. The van der Waals surface area contributed by atoms with Gasteiger partial charge < -0.3 is 16.6 Å². The summed E-state index contributed by atoms with van der Waals surface area (Å²) >= 11 is 6.70. The van der Waals surface area contributed by atoms with E-state index in [0.717, 1.165) is 68.2 Å². The Bertz CT molecular complexity index is 1520. The second-order valence-electron chi connectivity index (χ2n) is 16.7. The molecule has 9 atom stereocenters. The van der Waals surface area contributed by atoms with E-state index in [-0.39, 0.29) is 33.5 Å². The number of carboxylic acid groups (broad SMARTS) is 1. The lowest BCUT2D eigenvalue weighted by Gasteiger charge is -2.71. The first-order valence-electron chi connectivity index (χ1n) is 17.1. The van der Waals surface area contributed by atoms with Gasteiger partial charge in [-0.1, -0.05) is 89.9 Å². The van der Waals surface area contributed by atoms with Gasteiger partial charge in [0.1, 0.15) is 0 Å². The van der Waals surface area contributed by atoms with Gasteiger partial charge >= 0.3 is 5.97 Å². The number of guanidine groups is 1. The molecular formula is C38H53ClN4O2. The predicted molar refractivity (Wildman–Crippen MR) is 185 cm³/mol. The third-order valence-electron chi connectivity index (χ3n) is 14.5. The molecule has 1 aromatic rings. The first kappa shape index (κ1) is 32.3. The van der Waals surface area contributed by atoms with E-state index in [4.69, 9.17) is 28.2 Å². The number of hydrogen-bond acceptors (Lipinski definition) is 3. The average molecular weight is 633 g/mol. The van der Waals surface area contributed by atoms with Crippen LogP contribution in [0.1, 0.15) is 105 Å². The van der Waals surface area contributed by atoms with Crippen LogP contribution in [-0.4, -0.2) is 22.7 Å². The van der Waals surface area contributed by atoms with Crippen LogP contribution in [0.15, 0.2) is 51.7 Å². The molecule has 45 heavy (non-hydrogen) atoms. The zero-order valence-electron chi connectivity index (χ0n) is 28.3. The number of aliphatic carboxylic acids is 1. The Morgan fingerprint density at radius 2 is 1.71 bits per heavy atom. The lowest BCUT2D eigenvalue weighted by atomic mass is 9.33. The highest BCUT2D eigenvalue weighted by Gasteiger charge is 2.69. The number of hydrogen-bond donors (Lipinski definition) is 3. The molecule has 0 radical (unpaired) electrons. The van der Waals surface area contributed by atoms with E-state index in [1.54, 1.807) is 0 Å². The van der Waals surface area contributed by atoms with Gasteiger partial charge in [0.2, 0.25) is 5.96 Å². The second kappa shape index (κ2) is 10.7. The Hall–Kier alpha value is -2.60. The highest BCUT2D eigenvalue weighted by Crippen LogP contribution is 2.76. The fraction of sp³-hybridized carbons (Fsp3) is 0.658. The second-order valence-corrected chi connectivity index (χ2v) is 17.1. The minimum absolute atomic E-state index is 0.0154. The number of nitrogens with zero attached hydrogens (tertiary/aromatic N) is 2. The van der Waals surface area contributed by atoms with Crippen molar-refractivity contribution in [2.45, 2.75) is 99.8 Å². The molecule has 4 fully saturated rings. The SMILES string of the molecule is C[C@H]1[C@H](C)CC[C@]2(C(=O)O)CC[C@]3(C)C(=CC[C@@H]4[C@@]5(C)CC(=C\c6ccccc6Cl)/C(=N\N=C(N)N)C(C)(C)[C@@H]5CC[C@]43C)[C@H]12. The molecule has 4 saturated carbocycles. The van der Waals surface area contributed by atoms with Crippen LogP contribution >= 0.6 is 11.6 Å². The molecule has 6 rings (SSSR count). The zero-order valence-corrected chi connectivity index (χ0v) is 29.0. The molecule has 5 aliphatic rings. The maximum atomic E-state index is 13.1. The maximum Gasteiger partial charge on any atom is 0.310 e. The van der Waals surface area contributed by atoms with Crippen molar-refractivity contribution >= 4 is 35.3 Å². The van der Waals surface area contributed by atoms with Gasteiger partial charge in [0.15, 0.2) is 0 Å². The van der Waals surface area contributed by atoms with Gasteiger partial charge in [-0.15, -0.1) is 5.10 Å². The molecule has 1 aromatic carbocycles. The number of allylic oxidation sites excluding steroid dienone is 3. The third-order valence-corrected chi connectivity index (χ3v) is 14.9. The summed E-state index contributed by atoms with van der Waals surface area (Å²) in [4.78, 5) is 13.1. The van der Waals surface area contributed by atoms with Crippen LogP contribution in [0, 0.1) is 56.7 Å². The predicted octanol–water partition coefficient (Wildman–Crippen LogP) is 8.70. The van der Waals surface area contributed by atoms with E-state index in [1.807, 2.05) is 18.2 Å². The van der Waals surface area contributed by atoms with Crippen molar-refractivity contribution in [3.8, 4) is 0 Å². The number of nitrogens with two attached hydrogens (primary N) is 2. The van der Waals surface area contributed by atoms with Crippen LogP contribution in [0.4, 0.5) is 0 Å². The molecule has 0 heterocycles. The summed E-state index contributed by atoms with van der Waals surface area (Å²) < 4.78 is 0. The normalized spacial score (nSPS) is 43.7. The van der Waals surface area contributed by atoms with E-state index in [2.05, 4.69) is 71.8 Å². The van der Waals surface area contributed by atoms with E-state index in [0.29, 0.717) is 28.7 Å². The minimum atomic E-state index is -0.629. The van der Waals surface area contributed by atoms with Crippen molar-refractivity contribution in [3.63, 3.8) is 0 Å². The molecule has 0 aromatic heterocycles. The van der Waals surface area contributed by atoms with Gasteiger partial charge in [-0.25, -0.2) is 0 Å². The molecule has 244 valence electrons. The molecule has 0 amide bonds. The Labute approximate surface area is 274 Å². The van der Waals surface area contributed by atoms with Crippen molar-refractivity contribution < 1.29 is 9.90 Å². The van der Waals surface area contributed by atoms with Crippen LogP contribution in [0.5, 0.6) is 0 Å². The van der Waals surface area contributed by atoms with Gasteiger partial charge in [0.05, 0.1) is 11.1 Å². The van der Waals surface area contributed by atoms with Crippen LogP contribution in [0.3, 0.4) is 0 Å². The van der Waals surface area contributed by atoms with Crippen molar-refractivity contribution in [2.24, 2.45) is 78.3 Å². The maximum absolute atomic E-state index is 13.1. The number of rotatable bonds is 3. The Morgan fingerprint density at radius 1 is 1.00 bits per heavy atom. The number of carbonyl (C=O) groups is 1. The van der Waals surface area contributed by atoms with Gasteiger partial charge in [-0.3, -0.25) is 4.79 Å². The van der Waals surface area contributed by atoms with Crippen LogP contribution in [0.2, 0.25) is 5.02 Å². The van der Waals surface area contributed by atoms with E-state index in [9.17, 15) is 9.90 Å². The van der Waals surface area contributed by atoms with Crippen molar-refractivity contribution in [3.05, 3.63) is 52.1 Å². The van der Waals surface area contributed by atoms with Crippen molar-refractivity contribution in [1.29, 1.82) is 0 Å². The Kier molecular flexibility index (Phi) is 7.70. The molecule has 0 saturated heterocycles. The monoisotopic (exact) mass is 632 g/mol. The van der Waals surface area contributed by atoms with Gasteiger partial charge in [0.25, 0.3) is 0 Å². The summed E-state index contributed by atoms with van der Waals surface area (Å²) in [7, 11) is 0. The number of carboxylic acids is 1. The standard InChI is InChI=1S/C38H53ClN4O2/c1-22-14-17-38(32(44)45)19-18-36(6)26(30(38)23(22)2)12-13-29-35(5)21-25(20-24-10-8-9-11-27(24)39)31(42-43-33(40)41)34(3,4)28(35)15-16-37(29,36)7/h8-12,20,22-23,28-30H,13-19,21H2,1-7H3,(H,44,45)(H4,40,41,43)/b25-20+,42-31+/t22-,23+,28+,29-,30+,35+,36-,37-,38+/m1/s1. The molecule has 0 bridgehead atoms. The van der Waals surface area contributed by atoms with Gasteiger partial charge in [-0.05, 0) is 120 Å². The molecule has 0 unspecified atom stereocenters. The quantitative estimate of drug-likeness (QED) is 0.134. The fourth-order valence-electron chi connectivity index (χ4n) is 11.9. The fourth-order valence-corrected chi connectivity index (χ4v) is 12.1. The summed E-state index contributed by atoms with van der Waals surface area (Å²) in [6, 6.07) is 7.96. The van der Waals surface area contributed by atoms with Crippen LogP contribution in [0.25, 0.3) is 6.08 Å². The minimum Gasteiger partial charge on any atom is -0.481 e. The van der Waals surface area contributed by atoms with E-state index in [1.165, 1.54) is 5.57 Å². The van der Waals surface area contributed by atoms with E-state index < -0.39 is 11.4 Å². The van der Waals surface area contributed by atoms with Crippen molar-refractivity contribution in [1.82, 2.24) is 0 Å². The third kappa shape index (κ3) is 4.51. The number of halogens is 1. The van der Waals surface area contributed by atoms with E-state index >= 15 is 0 Å². The Balaban J connectivity index is 1.49. The van der Waals surface area contributed by atoms with Crippen LogP contribution < -0.4 is 11.5 Å². The summed E-state index contributed by atoms with van der Waals surface area (Å²) in [5, 5.41) is 20.4. The van der Waals surface area contributed by atoms with Gasteiger partial charge in [-0.2, -0.15) is 5.10 Å². The summed E-state index contributed by atoms with van der Waals surface area (Å²) in [6.07, 6.45) is 12.3. The lowest BCUT2D eigenvalue weighted by Crippen LogP contribution is -2.65. The van der Waals surface area contributed by atoms with Crippen molar-refractivity contribution in [2.75, 3.05) is 0 Å². The summed E-state index contributed by atoms with van der Waals surface area (Å²) in [6.45, 7) is 16.9. The highest BCUT2D eigenvalue weighted by molar-refractivity contribution is 6.32. The topological polar surface area (TPSA) is 114 Å². The van der Waals surface area contributed by atoms with Gasteiger partial charge in [0, 0.05) is 10.4 Å². The molecule has 0 spiro atoms. The largest absolute Gasteiger partial charge is 0.481 e. The molecule has 6 nitrogen and oxygen atoms in total. The first-order valence-corrected chi connectivity index (χ1v) is 17.5.